The van der Waals surface area contributed by atoms with E-state index in [4.69, 9.17) is 0 Å². The van der Waals surface area contributed by atoms with Crippen LogP contribution in [0.1, 0.15) is 31.4 Å². The van der Waals surface area contributed by atoms with Crippen LogP contribution in [0.5, 0.6) is 0 Å². The molecule has 0 aromatic heterocycles. The Hall–Kier alpha value is -1.51. The van der Waals surface area contributed by atoms with Crippen LogP contribution >= 0.6 is 0 Å². The van der Waals surface area contributed by atoms with Gasteiger partial charge in [-0.15, -0.1) is 0 Å². The first-order valence-electron chi connectivity index (χ1n) is 5.73. The molecule has 0 amide bonds. The van der Waals surface area contributed by atoms with E-state index in [-0.39, 0.29) is 5.56 Å². The lowest BCUT2D eigenvalue weighted by Gasteiger charge is -2.11. The van der Waals surface area contributed by atoms with E-state index in [9.17, 15) is 8.78 Å². The number of aliphatic imine (C=N–C) groups is 1. The van der Waals surface area contributed by atoms with E-state index in [2.05, 4.69) is 11.9 Å². The van der Waals surface area contributed by atoms with Gasteiger partial charge in [-0.05, 0) is 23.6 Å². The molecule has 0 bridgehead atoms. The van der Waals surface area contributed by atoms with Gasteiger partial charge in [0, 0.05) is 18.2 Å². The minimum atomic E-state index is -2.77. The Morgan fingerprint density at radius 3 is 2.35 bits per heavy atom. The van der Waals surface area contributed by atoms with E-state index in [0.717, 1.165) is 30.2 Å². The molecule has 1 aromatic rings. The second-order valence-electron chi connectivity index (χ2n) is 4.30. The lowest BCUT2D eigenvalue weighted by Crippen LogP contribution is -2.06. The van der Waals surface area contributed by atoms with Gasteiger partial charge in [0.05, 0.1) is 6.54 Å². The van der Waals surface area contributed by atoms with Crippen LogP contribution in [0.3, 0.4) is 0 Å². The van der Waals surface area contributed by atoms with Gasteiger partial charge >= 0.3 is 0 Å². The van der Waals surface area contributed by atoms with Gasteiger partial charge in [0.2, 0.25) is 0 Å². The molecule has 1 aliphatic rings. The number of alkyl halides is 2. The molecule has 1 heterocycles. The number of hydrogen-bond acceptors (Lipinski definition) is 1. The molecule has 0 aliphatic carbocycles. The molecule has 0 saturated carbocycles. The fourth-order valence-corrected chi connectivity index (χ4v) is 1.84. The molecule has 1 nitrogen and oxygen atoms in total. The van der Waals surface area contributed by atoms with Crippen molar-refractivity contribution in [3.8, 4) is 0 Å². The first-order valence-corrected chi connectivity index (χ1v) is 5.73. The second-order valence-corrected chi connectivity index (χ2v) is 4.30. The van der Waals surface area contributed by atoms with E-state index in [1.807, 2.05) is 6.08 Å². The fourth-order valence-electron chi connectivity index (χ4n) is 1.84. The molecule has 2 rings (SSSR count). The highest BCUT2D eigenvalue weighted by molar-refractivity contribution is 6.04. The Morgan fingerprint density at radius 1 is 1.24 bits per heavy atom. The van der Waals surface area contributed by atoms with Crippen LogP contribution in [-0.4, -0.2) is 12.3 Å². The predicted molar refractivity (Wildman–Crippen MR) is 66.6 cm³/mol. The summed E-state index contributed by atoms with van der Waals surface area (Å²) in [5.74, 6) is -2.77. The molecule has 0 fully saturated rings. The largest absolute Gasteiger partial charge is 0.285 e. The van der Waals surface area contributed by atoms with Gasteiger partial charge in [-0.25, -0.2) is 8.78 Å². The third-order valence-corrected chi connectivity index (χ3v) is 2.92. The van der Waals surface area contributed by atoms with Crippen molar-refractivity contribution in [1.29, 1.82) is 0 Å². The second kappa shape index (κ2) is 4.40. The third kappa shape index (κ3) is 2.60. The first-order chi connectivity index (χ1) is 8.00. The normalized spacial score (nSPS) is 15.8. The van der Waals surface area contributed by atoms with E-state index >= 15 is 0 Å². The summed E-state index contributed by atoms with van der Waals surface area (Å²) in [6, 6.07) is 6.46. The maximum absolute atomic E-state index is 13.0. The maximum atomic E-state index is 13.0. The van der Waals surface area contributed by atoms with Gasteiger partial charge in [-0.2, -0.15) is 0 Å². The summed E-state index contributed by atoms with van der Waals surface area (Å²) in [5, 5.41) is 0. The molecule has 0 N–H and O–H groups in total. The van der Waals surface area contributed by atoms with E-state index in [1.165, 1.54) is 12.1 Å². The Bertz CT molecular complexity index is 464. The quantitative estimate of drug-likeness (QED) is 0.749. The van der Waals surface area contributed by atoms with Crippen molar-refractivity contribution in [1.82, 2.24) is 0 Å². The zero-order chi connectivity index (χ0) is 12.5. The van der Waals surface area contributed by atoms with Gasteiger partial charge in [0.1, 0.15) is 0 Å². The molecule has 0 saturated heterocycles. The molecule has 17 heavy (non-hydrogen) atoms. The average Bonchev–Trinajstić information content (AvgIpc) is 2.76. The third-order valence-electron chi connectivity index (χ3n) is 2.92. The Balaban J connectivity index is 2.21. The number of rotatable bonds is 3. The highest BCUT2D eigenvalue weighted by Gasteiger charge is 2.23. The van der Waals surface area contributed by atoms with Crippen LogP contribution in [0, 0.1) is 0 Å². The van der Waals surface area contributed by atoms with E-state index in [1.54, 1.807) is 12.1 Å². The topological polar surface area (TPSA) is 12.4 Å². The summed E-state index contributed by atoms with van der Waals surface area (Å²) in [6.07, 6.45) is 2.95. The van der Waals surface area contributed by atoms with Crippen LogP contribution in [0.25, 0.3) is 5.57 Å². The first kappa shape index (κ1) is 12.0. The van der Waals surface area contributed by atoms with Crippen molar-refractivity contribution >= 4 is 11.3 Å². The smallest absolute Gasteiger partial charge is 0.270 e. The van der Waals surface area contributed by atoms with Crippen molar-refractivity contribution < 1.29 is 8.78 Å². The predicted octanol–water partition coefficient (Wildman–Crippen LogP) is 4.05. The molecule has 0 spiro atoms. The van der Waals surface area contributed by atoms with Crippen LogP contribution in [-0.2, 0) is 5.92 Å². The molecule has 90 valence electrons. The minimum absolute atomic E-state index is 0.0523. The van der Waals surface area contributed by atoms with Gasteiger partial charge in [-0.3, -0.25) is 4.99 Å². The zero-order valence-electron chi connectivity index (χ0n) is 10.0. The van der Waals surface area contributed by atoms with Crippen LogP contribution in [0.4, 0.5) is 8.78 Å². The van der Waals surface area contributed by atoms with Crippen molar-refractivity contribution in [3.05, 3.63) is 41.5 Å². The van der Waals surface area contributed by atoms with Gasteiger partial charge in [-0.1, -0.05) is 31.2 Å². The summed E-state index contributed by atoms with van der Waals surface area (Å²) in [7, 11) is 0. The maximum Gasteiger partial charge on any atom is 0.270 e. The number of hydrogen-bond donors (Lipinski definition) is 0. The van der Waals surface area contributed by atoms with Crippen LogP contribution < -0.4 is 0 Å². The molecule has 0 unspecified atom stereocenters. The monoisotopic (exact) mass is 235 g/mol. The fraction of sp³-hybridized carbons (Fsp3) is 0.357. The van der Waals surface area contributed by atoms with E-state index < -0.39 is 5.92 Å². The SMILES string of the molecule is CCC1=NCC(c2ccc(C(C)(F)F)cc2)=C1. The summed E-state index contributed by atoms with van der Waals surface area (Å²) in [4.78, 5) is 4.36. The van der Waals surface area contributed by atoms with Crippen molar-refractivity contribution in [3.63, 3.8) is 0 Å². The molecule has 1 aromatic carbocycles. The zero-order valence-corrected chi connectivity index (χ0v) is 10.0. The highest BCUT2D eigenvalue weighted by atomic mass is 19.3. The Morgan fingerprint density at radius 2 is 1.88 bits per heavy atom. The number of benzene rings is 1. The van der Waals surface area contributed by atoms with Gasteiger partial charge in [0.15, 0.2) is 0 Å². The molecular weight excluding hydrogens is 220 g/mol. The minimum Gasteiger partial charge on any atom is -0.285 e. The Kier molecular flexibility index (Phi) is 3.09. The number of nitrogens with zero attached hydrogens (tertiary/aromatic N) is 1. The molecule has 0 atom stereocenters. The standard InChI is InChI=1S/C14H15F2N/c1-3-13-8-11(9-17-13)10-4-6-12(7-5-10)14(2,15)16/h4-8H,3,9H2,1-2H3. The summed E-state index contributed by atoms with van der Waals surface area (Å²) in [5.41, 5.74) is 3.21. The van der Waals surface area contributed by atoms with Gasteiger partial charge < -0.3 is 0 Å². The van der Waals surface area contributed by atoms with Crippen molar-refractivity contribution in [2.45, 2.75) is 26.2 Å². The van der Waals surface area contributed by atoms with Crippen LogP contribution in [0.15, 0.2) is 35.3 Å². The number of halogens is 2. The molecule has 1 aliphatic heterocycles. The number of allylic oxidation sites excluding steroid dienone is 1. The van der Waals surface area contributed by atoms with Gasteiger partial charge in [0.25, 0.3) is 5.92 Å². The average molecular weight is 235 g/mol. The van der Waals surface area contributed by atoms with Crippen molar-refractivity contribution in [2.75, 3.05) is 6.54 Å². The Labute approximate surface area is 99.9 Å². The van der Waals surface area contributed by atoms with E-state index in [0.29, 0.717) is 6.54 Å². The highest BCUT2D eigenvalue weighted by Crippen LogP contribution is 2.28. The summed E-state index contributed by atoms with van der Waals surface area (Å²) in [6.45, 7) is 3.62. The van der Waals surface area contributed by atoms with Crippen molar-refractivity contribution in [2.24, 2.45) is 4.99 Å². The molecular formula is C14H15F2N. The molecule has 3 heteroatoms. The lowest BCUT2D eigenvalue weighted by molar-refractivity contribution is 0.0175. The van der Waals surface area contributed by atoms with Crippen LogP contribution in [0.2, 0.25) is 0 Å². The summed E-state index contributed by atoms with van der Waals surface area (Å²) >= 11 is 0. The molecule has 0 radical (unpaired) electrons. The lowest BCUT2D eigenvalue weighted by atomic mass is 10.0. The summed E-state index contributed by atoms with van der Waals surface area (Å²) < 4.78 is 26.1.